The van der Waals surface area contributed by atoms with Crippen LogP contribution in [0.1, 0.15) is 31.1 Å². The quantitative estimate of drug-likeness (QED) is 0.219. The molecule has 0 saturated heterocycles. The number of nitrogens with zero attached hydrogens (tertiary/aromatic N) is 1. The highest BCUT2D eigenvalue weighted by Gasteiger charge is 2.25. The van der Waals surface area contributed by atoms with Crippen molar-refractivity contribution in [3.05, 3.63) is 78.0 Å². The molecule has 11 heteroatoms. The Labute approximate surface area is 243 Å². The fourth-order valence-corrected chi connectivity index (χ4v) is 4.29. The third-order valence-electron chi connectivity index (χ3n) is 6.28. The Balaban J connectivity index is 1.65. The highest BCUT2D eigenvalue weighted by atomic mass is 16.5. The second kappa shape index (κ2) is 13.4. The SMILES string of the molecule is COC(=O)Nc1ccc(OC(C)C)c(CNC(=O)C(Oc2ccc3c(N)nccc3c2)c2ccc(OC)c(OC)c2)c1. The summed E-state index contributed by atoms with van der Waals surface area (Å²) in [5.41, 5.74) is 7.68. The van der Waals surface area contributed by atoms with Crippen molar-refractivity contribution in [3.63, 3.8) is 0 Å². The molecule has 0 aliphatic rings. The van der Waals surface area contributed by atoms with Gasteiger partial charge in [-0.15, -0.1) is 0 Å². The molecular weight excluding hydrogens is 540 g/mol. The average Bonchev–Trinajstić information content (AvgIpc) is 2.99. The van der Waals surface area contributed by atoms with Gasteiger partial charge in [0.2, 0.25) is 6.10 Å². The Kier molecular flexibility index (Phi) is 9.53. The number of pyridine rings is 1. The lowest BCUT2D eigenvalue weighted by molar-refractivity contribution is -0.128. The average molecular weight is 575 g/mol. The highest BCUT2D eigenvalue weighted by Crippen LogP contribution is 2.33. The van der Waals surface area contributed by atoms with Gasteiger partial charge in [-0.2, -0.15) is 0 Å². The fourth-order valence-electron chi connectivity index (χ4n) is 4.29. The van der Waals surface area contributed by atoms with Gasteiger partial charge in [-0.1, -0.05) is 6.07 Å². The van der Waals surface area contributed by atoms with E-state index in [1.807, 2.05) is 19.9 Å². The van der Waals surface area contributed by atoms with E-state index in [4.69, 9.17) is 29.4 Å². The number of hydrogen-bond donors (Lipinski definition) is 3. The summed E-state index contributed by atoms with van der Waals surface area (Å²) in [7, 11) is 4.33. The van der Waals surface area contributed by atoms with Crippen molar-refractivity contribution in [1.82, 2.24) is 10.3 Å². The Morgan fingerprint density at radius 2 is 1.64 bits per heavy atom. The number of hydrogen-bond acceptors (Lipinski definition) is 9. The zero-order chi connectivity index (χ0) is 30.2. The topological polar surface area (TPSA) is 143 Å². The number of fused-ring (bicyclic) bond motifs is 1. The van der Waals surface area contributed by atoms with Crippen molar-refractivity contribution in [1.29, 1.82) is 0 Å². The number of aromatic nitrogens is 1. The van der Waals surface area contributed by atoms with Crippen molar-refractivity contribution in [2.45, 2.75) is 32.6 Å². The lowest BCUT2D eigenvalue weighted by Crippen LogP contribution is -2.32. The lowest BCUT2D eigenvalue weighted by atomic mass is 10.1. The van der Waals surface area contributed by atoms with E-state index in [-0.39, 0.29) is 12.6 Å². The molecule has 1 unspecified atom stereocenters. The predicted octanol–water partition coefficient (Wildman–Crippen LogP) is 5.24. The molecule has 0 fully saturated rings. The Morgan fingerprint density at radius 1 is 0.881 bits per heavy atom. The van der Waals surface area contributed by atoms with Crippen LogP contribution in [0.2, 0.25) is 0 Å². The summed E-state index contributed by atoms with van der Waals surface area (Å²) in [4.78, 5) is 29.6. The van der Waals surface area contributed by atoms with Crippen molar-refractivity contribution < 1.29 is 33.3 Å². The van der Waals surface area contributed by atoms with Crippen LogP contribution in [0, 0.1) is 0 Å². The molecule has 220 valence electrons. The molecule has 0 radical (unpaired) electrons. The first kappa shape index (κ1) is 29.8. The number of nitrogen functional groups attached to an aromatic ring is 1. The number of ether oxygens (including phenoxy) is 5. The minimum atomic E-state index is -1.06. The van der Waals surface area contributed by atoms with Crippen molar-refractivity contribution in [3.8, 4) is 23.0 Å². The van der Waals surface area contributed by atoms with Crippen LogP contribution < -0.4 is 35.3 Å². The molecule has 0 spiro atoms. The minimum Gasteiger partial charge on any atom is -0.493 e. The van der Waals surface area contributed by atoms with E-state index in [1.165, 1.54) is 21.3 Å². The number of rotatable bonds is 11. The molecule has 4 N–H and O–H groups in total. The van der Waals surface area contributed by atoms with Crippen LogP contribution in [0.15, 0.2) is 66.9 Å². The number of benzene rings is 3. The van der Waals surface area contributed by atoms with Crippen molar-refractivity contribution in [2.75, 3.05) is 32.4 Å². The van der Waals surface area contributed by atoms with Crippen LogP contribution >= 0.6 is 0 Å². The van der Waals surface area contributed by atoms with E-state index in [0.717, 1.165) is 10.8 Å². The molecule has 4 rings (SSSR count). The number of carbonyl (C=O) groups excluding carboxylic acids is 2. The second-order valence-electron chi connectivity index (χ2n) is 9.51. The molecule has 0 saturated carbocycles. The number of carbonyl (C=O) groups is 2. The third kappa shape index (κ3) is 7.11. The first-order valence-electron chi connectivity index (χ1n) is 13.2. The van der Waals surface area contributed by atoms with Gasteiger partial charge in [0.05, 0.1) is 27.4 Å². The first-order chi connectivity index (χ1) is 20.2. The van der Waals surface area contributed by atoms with Crippen LogP contribution in [-0.2, 0) is 16.1 Å². The smallest absolute Gasteiger partial charge is 0.411 e. The summed E-state index contributed by atoms with van der Waals surface area (Å²) in [6, 6.07) is 17.4. The van der Waals surface area contributed by atoms with Crippen LogP contribution in [0.25, 0.3) is 10.8 Å². The second-order valence-corrected chi connectivity index (χ2v) is 9.51. The molecule has 0 aliphatic carbocycles. The van der Waals surface area contributed by atoms with Crippen molar-refractivity contribution in [2.24, 2.45) is 0 Å². The van der Waals surface area contributed by atoms with Gasteiger partial charge in [-0.25, -0.2) is 9.78 Å². The van der Waals surface area contributed by atoms with E-state index in [0.29, 0.717) is 45.6 Å². The van der Waals surface area contributed by atoms with Gasteiger partial charge in [0, 0.05) is 34.9 Å². The Morgan fingerprint density at radius 3 is 2.36 bits per heavy atom. The summed E-state index contributed by atoms with van der Waals surface area (Å²) in [5, 5.41) is 7.17. The number of amides is 2. The molecule has 0 aliphatic heterocycles. The summed E-state index contributed by atoms with van der Waals surface area (Å²) >= 11 is 0. The van der Waals surface area contributed by atoms with Crippen molar-refractivity contribution >= 4 is 34.3 Å². The number of nitrogens with one attached hydrogen (secondary N) is 2. The normalized spacial score (nSPS) is 11.5. The van der Waals surface area contributed by atoms with Gasteiger partial charge in [0.15, 0.2) is 11.5 Å². The first-order valence-corrected chi connectivity index (χ1v) is 13.2. The maximum atomic E-state index is 13.8. The van der Waals surface area contributed by atoms with E-state index < -0.39 is 18.1 Å². The van der Waals surface area contributed by atoms with Gasteiger partial charge >= 0.3 is 6.09 Å². The van der Waals surface area contributed by atoms with Crippen LogP contribution in [-0.4, -0.2) is 44.4 Å². The lowest BCUT2D eigenvalue weighted by Gasteiger charge is -2.22. The van der Waals surface area contributed by atoms with Gasteiger partial charge in [0.25, 0.3) is 5.91 Å². The molecule has 0 bridgehead atoms. The fraction of sp³-hybridized carbons (Fsp3) is 0.258. The van der Waals surface area contributed by atoms with Gasteiger partial charge in [-0.3, -0.25) is 10.1 Å². The Bertz CT molecular complexity index is 1570. The predicted molar refractivity (Wildman–Crippen MR) is 159 cm³/mol. The summed E-state index contributed by atoms with van der Waals surface area (Å²) in [6.07, 6.45) is -0.177. The molecule has 1 atom stereocenters. The van der Waals surface area contributed by atoms with E-state index in [2.05, 4.69) is 15.6 Å². The molecule has 42 heavy (non-hydrogen) atoms. The maximum absolute atomic E-state index is 13.8. The summed E-state index contributed by atoms with van der Waals surface area (Å²) in [5.74, 6) is 1.96. The van der Waals surface area contributed by atoms with E-state index >= 15 is 0 Å². The van der Waals surface area contributed by atoms with Gasteiger partial charge < -0.3 is 34.7 Å². The standard InChI is InChI=1S/C31H34N4O7/c1-18(2)41-25-11-7-22(35-31(37)40-5)14-21(25)17-34-30(36)28(20-6-10-26(38-3)27(16-20)39-4)42-23-8-9-24-19(15-23)12-13-33-29(24)32/h6-16,18,28H,17H2,1-5H3,(H2,32,33)(H,34,36)(H,35,37). The molecule has 1 aromatic heterocycles. The van der Waals surface area contributed by atoms with Crippen LogP contribution in [0.5, 0.6) is 23.0 Å². The van der Waals surface area contributed by atoms with E-state index in [1.54, 1.807) is 60.8 Å². The zero-order valence-corrected chi connectivity index (χ0v) is 24.1. The largest absolute Gasteiger partial charge is 0.493 e. The van der Waals surface area contributed by atoms with Gasteiger partial charge in [-0.05, 0) is 73.8 Å². The number of methoxy groups -OCH3 is 3. The number of nitrogens with two attached hydrogens (primary N) is 1. The molecule has 1 heterocycles. The molecule has 4 aromatic rings. The monoisotopic (exact) mass is 574 g/mol. The summed E-state index contributed by atoms with van der Waals surface area (Å²) in [6.45, 7) is 3.89. The van der Waals surface area contributed by atoms with Gasteiger partial charge in [0.1, 0.15) is 17.3 Å². The highest BCUT2D eigenvalue weighted by molar-refractivity contribution is 5.92. The Hall–Kier alpha value is -5.19. The third-order valence-corrected chi connectivity index (χ3v) is 6.28. The van der Waals surface area contributed by atoms with Crippen LogP contribution in [0.4, 0.5) is 16.3 Å². The molecule has 2 amide bonds. The maximum Gasteiger partial charge on any atom is 0.411 e. The molecule has 11 nitrogen and oxygen atoms in total. The molecular formula is C31H34N4O7. The molecule has 3 aromatic carbocycles. The van der Waals surface area contributed by atoms with Crippen LogP contribution in [0.3, 0.4) is 0 Å². The minimum absolute atomic E-state index is 0.0879. The van der Waals surface area contributed by atoms with E-state index in [9.17, 15) is 9.59 Å². The number of anilines is 2. The zero-order valence-electron chi connectivity index (χ0n) is 24.1. The summed E-state index contributed by atoms with van der Waals surface area (Å²) < 4.78 is 27.8.